The molecule has 1 aliphatic heterocycles. The Kier molecular flexibility index (Phi) is 8.03. The van der Waals surface area contributed by atoms with Crippen molar-refractivity contribution in [3.05, 3.63) is 144 Å². The first-order chi connectivity index (χ1) is 22.2. The van der Waals surface area contributed by atoms with Gasteiger partial charge in [-0.15, -0.1) is 0 Å². The summed E-state index contributed by atoms with van der Waals surface area (Å²) < 4.78 is 7.93. The fourth-order valence-corrected chi connectivity index (χ4v) is 6.68. The molecule has 0 atom stereocenters. The predicted octanol–water partition coefficient (Wildman–Crippen LogP) is 6.06. The van der Waals surface area contributed by atoms with Crippen LogP contribution in [0, 0.1) is 0 Å². The van der Waals surface area contributed by atoms with Gasteiger partial charge in [-0.1, -0.05) is 91.0 Å². The number of aliphatic hydroxyl groups excluding tert-OH is 1. The lowest BCUT2D eigenvalue weighted by atomic mass is 9.77. The Labute approximate surface area is 264 Å². The largest absolute Gasteiger partial charge is 0.497 e. The van der Waals surface area contributed by atoms with Crippen molar-refractivity contribution < 1.29 is 9.84 Å². The van der Waals surface area contributed by atoms with Crippen LogP contribution in [0.4, 0.5) is 5.82 Å². The van der Waals surface area contributed by atoms with E-state index in [1.54, 1.807) is 7.11 Å². The van der Waals surface area contributed by atoms with Crippen LogP contribution in [0.2, 0.25) is 0 Å². The number of pyridine rings is 1. The van der Waals surface area contributed by atoms with Crippen LogP contribution in [0.5, 0.6) is 5.75 Å². The highest BCUT2D eigenvalue weighted by Gasteiger charge is 2.41. The second kappa shape index (κ2) is 12.6. The van der Waals surface area contributed by atoms with E-state index in [1.165, 1.54) is 0 Å². The third-order valence-corrected chi connectivity index (χ3v) is 8.91. The van der Waals surface area contributed by atoms with Crippen LogP contribution in [-0.2, 0) is 5.54 Å². The summed E-state index contributed by atoms with van der Waals surface area (Å²) in [5, 5.41) is 15.9. The van der Waals surface area contributed by atoms with Gasteiger partial charge in [0.15, 0.2) is 0 Å². The molecule has 3 heterocycles. The van der Waals surface area contributed by atoms with Gasteiger partial charge >= 0.3 is 0 Å². The van der Waals surface area contributed by atoms with Crippen molar-refractivity contribution in [1.82, 2.24) is 19.7 Å². The molecule has 0 radical (unpaired) electrons. The molecule has 226 valence electrons. The Balaban J connectivity index is 1.46. The number of rotatable bonds is 9. The molecule has 0 aliphatic carbocycles. The Morgan fingerprint density at radius 3 is 1.89 bits per heavy atom. The van der Waals surface area contributed by atoms with Gasteiger partial charge in [0.2, 0.25) is 0 Å². The number of fused-ring (bicyclic) bond motifs is 1. The zero-order valence-corrected chi connectivity index (χ0v) is 25.5. The quantitative estimate of drug-likeness (QED) is 0.205. The van der Waals surface area contributed by atoms with E-state index >= 15 is 0 Å². The van der Waals surface area contributed by atoms with Crippen molar-refractivity contribution in [2.45, 2.75) is 5.54 Å². The van der Waals surface area contributed by atoms with Gasteiger partial charge in [-0.25, -0.2) is 9.67 Å². The van der Waals surface area contributed by atoms with Crippen LogP contribution in [0.25, 0.3) is 22.2 Å². The highest BCUT2D eigenvalue weighted by molar-refractivity contribution is 5.95. The number of β-amino-alcohol motifs (C(OH)–C–C–N with tert-alkyl or cyclic N) is 1. The highest BCUT2D eigenvalue weighted by Crippen LogP contribution is 2.44. The standard InChI is InChI=1S/C38H37N5O2/c1-45-33-17-18-35-34(28-33)37(29-19-20-39-36(27-29)42-23-21-41(22-24-42)25-26-44)40-43(35)38(30-11-5-2-6-12-30,31-13-7-3-8-14-31)32-15-9-4-10-16-32/h2-20,27-28,44H,21-26H2,1H3. The number of aliphatic hydroxyl groups is 1. The fraction of sp³-hybridized carbons (Fsp3) is 0.211. The summed E-state index contributed by atoms with van der Waals surface area (Å²) in [6, 6.07) is 42.4. The molecule has 6 aromatic rings. The first kappa shape index (κ1) is 28.8. The van der Waals surface area contributed by atoms with E-state index in [0.29, 0.717) is 6.54 Å². The summed E-state index contributed by atoms with van der Waals surface area (Å²) in [6.07, 6.45) is 1.88. The van der Waals surface area contributed by atoms with Crippen LogP contribution >= 0.6 is 0 Å². The number of aromatic nitrogens is 3. The molecule has 1 N–H and O–H groups in total. The first-order valence-electron chi connectivity index (χ1n) is 15.5. The topological polar surface area (TPSA) is 66.7 Å². The molecule has 7 nitrogen and oxygen atoms in total. The molecule has 2 aromatic heterocycles. The monoisotopic (exact) mass is 595 g/mol. The summed E-state index contributed by atoms with van der Waals surface area (Å²) in [7, 11) is 1.70. The number of piperazine rings is 1. The number of nitrogens with zero attached hydrogens (tertiary/aromatic N) is 5. The lowest BCUT2D eigenvalue weighted by Crippen LogP contribution is -2.47. The van der Waals surface area contributed by atoms with Crippen molar-refractivity contribution >= 4 is 16.7 Å². The van der Waals surface area contributed by atoms with Crippen molar-refractivity contribution in [1.29, 1.82) is 0 Å². The van der Waals surface area contributed by atoms with Crippen LogP contribution in [0.15, 0.2) is 128 Å². The maximum absolute atomic E-state index is 9.38. The van der Waals surface area contributed by atoms with Gasteiger partial charge in [-0.3, -0.25) is 4.90 Å². The predicted molar refractivity (Wildman–Crippen MR) is 180 cm³/mol. The van der Waals surface area contributed by atoms with E-state index in [9.17, 15) is 5.11 Å². The minimum Gasteiger partial charge on any atom is -0.497 e. The second-order valence-corrected chi connectivity index (χ2v) is 11.4. The molecular weight excluding hydrogens is 558 g/mol. The Morgan fingerprint density at radius 1 is 0.733 bits per heavy atom. The third kappa shape index (κ3) is 5.24. The van der Waals surface area contributed by atoms with Gasteiger partial charge < -0.3 is 14.7 Å². The molecule has 0 saturated carbocycles. The maximum atomic E-state index is 9.38. The summed E-state index contributed by atoms with van der Waals surface area (Å²) in [5.74, 6) is 1.71. The number of benzene rings is 4. The lowest BCUT2D eigenvalue weighted by Gasteiger charge is -2.37. The molecular formula is C38H37N5O2. The minimum absolute atomic E-state index is 0.184. The normalized spacial score (nSPS) is 14.1. The zero-order valence-electron chi connectivity index (χ0n) is 25.5. The van der Waals surface area contributed by atoms with E-state index in [-0.39, 0.29) is 6.61 Å². The lowest BCUT2D eigenvalue weighted by molar-refractivity contribution is 0.188. The Bertz CT molecular complexity index is 1770. The van der Waals surface area contributed by atoms with Crippen molar-refractivity contribution in [2.75, 3.05) is 51.3 Å². The van der Waals surface area contributed by atoms with E-state index in [4.69, 9.17) is 14.8 Å². The summed E-state index contributed by atoms with van der Waals surface area (Å²) in [4.78, 5) is 9.38. The van der Waals surface area contributed by atoms with Crippen molar-refractivity contribution in [3.63, 3.8) is 0 Å². The number of hydrogen-bond donors (Lipinski definition) is 1. The summed E-state index contributed by atoms with van der Waals surface area (Å²) in [5.41, 5.74) is 5.46. The van der Waals surface area contributed by atoms with E-state index in [1.807, 2.05) is 18.3 Å². The van der Waals surface area contributed by atoms with Gasteiger partial charge in [0.25, 0.3) is 0 Å². The average molecular weight is 596 g/mol. The molecule has 1 aliphatic rings. The summed E-state index contributed by atoms with van der Waals surface area (Å²) >= 11 is 0. The van der Waals surface area contributed by atoms with Gasteiger partial charge in [0, 0.05) is 49.9 Å². The number of anilines is 1. The Morgan fingerprint density at radius 2 is 1.33 bits per heavy atom. The van der Waals surface area contributed by atoms with Crippen LogP contribution in [0.1, 0.15) is 16.7 Å². The third-order valence-electron chi connectivity index (χ3n) is 8.91. The molecule has 0 bridgehead atoms. The maximum Gasteiger partial charge on any atom is 0.138 e. The Hall–Kier alpha value is -4.98. The molecule has 4 aromatic carbocycles. The number of methoxy groups -OCH3 is 1. The molecule has 0 unspecified atom stereocenters. The van der Waals surface area contributed by atoms with Crippen LogP contribution in [-0.4, -0.2) is 71.2 Å². The molecule has 0 spiro atoms. The van der Waals surface area contributed by atoms with Gasteiger partial charge in [0.05, 0.1) is 19.2 Å². The van der Waals surface area contributed by atoms with E-state index in [0.717, 1.165) is 76.6 Å². The van der Waals surface area contributed by atoms with Crippen molar-refractivity contribution in [2.24, 2.45) is 0 Å². The van der Waals surface area contributed by atoms with Gasteiger partial charge in [0.1, 0.15) is 22.8 Å². The zero-order chi connectivity index (χ0) is 30.6. The van der Waals surface area contributed by atoms with Crippen LogP contribution in [0.3, 0.4) is 0 Å². The van der Waals surface area contributed by atoms with Crippen molar-refractivity contribution in [3.8, 4) is 17.0 Å². The first-order valence-corrected chi connectivity index (χ1v) is 15.5. The number of hydrogen-bond acceptors (Lipinski definition) is 6. The minimum atomic E-state index is -0.756. The van der Waals surface area contributed by atoms with E-state index < -0.39 is 5.54 Å². The SMILES string of the molecule is COc1ccc2c(c1)c(-c1ccnc(N3CCN(CCO)CC3)c1)nn2C(c1ccccc1)(c1ccccc1)c1ccccc1. The average Bonchev–Trinajstić information content (AvgIpc) is 3.49. The molecule has 45 heavy (non-hydrogen) atoms. The molecule has 0 amide bonds. The second-order valence-electron chi connectivity index (χ2n) is 11.4. The molecule has 7 heteroatoms. The number of ether oxygens (including phenoxy) is 1. The van der Waals surface area contributed by atoms with E-state index in [2.05, 4.69) is 124 Å². The summed E-state index contributed by atoms with van der Waals surface area (Å²) in [6.45, 7) is 4.41. The highest BCUT2D eigenvalue weighted by atomic mass is 16.5. The molecule has 1 saturated heterocycles. The molecule has 1 fully saturated rings. The van der Waals surface area contributed by atoms with Gasteiger partial charge in [-0.2, -0.15) is 5.10 Å². The smallest absolute Gasteiger partial charge is 0.138 e. The van der Waals surface area contributed by atoms with Crippen LogP contribution < -0.4 is 9.64 Å². The van der Waals surface area contributed by atoms with Gasteiger partial charge in [-0.05, 0) is 47.0 Å². The fourth-order valence-electron chi connectivity index (χ4n) is 6.68. The molecule has 7 rings (SSSR count).